The zero-order valence-corrected chi connectivity index (χ0v) is 11.9. The largest absolute Gasteiger partial charge is 0.494 e. The molecule has 1 unspecified atom stereocenters. The Morgan fingerprint density at radius 3 is 2.45 bits per heavy atom. The number of hydrogen-bond acceptors (Lipinski definition) is 6. The van der Waals surface area contributed by atoms with E-state index in [1.54, 1.807) is 12.1 Å². The third-order valence-corrected chi connectivity index (χ3v) is 2.72. The first kappa shape index (κ1) is 17.2. The number of aliphatic carboxylic acids is 1. The SMILES string of the molecule is CC(=O)NC(CCOc1ccc(/C(C=O)=N/O)cc1)C(=O)O. The molecule has 0 aliphatic heterocycles. The number of hydrogen-bond donors (Lipinski definition) is 3. The summed E-state index contributed by atoms with van der Waals surface area (Å²) in [7, 11) is 0. The van der Waals surface area contributed by atoms with E-state index in [9.17, 15) is 14.4 Å². The molecule has 0 fully saturated rings. The number of nitrogens with one attached hydrogen (secondary N) is 1. The van der Waals surface area contributed by atoms with Crippen molar-refractivity contribution in [2.75, 3.05) is 6.61 Å². The third-order valence-electron chi connectivity index (χ3n) is 2.72. The van der Waals surface area contributed by atoms with Crippen LogP contribution in [0.2, 0.25) is 0 Å². The molecule has 0 aliphatic rings. The highest BCUT2D eigenvalue weighted by Gasteiger charge is 2.18. The van der Waals surface area contributed by atoms with E-state index in [2.05, 4.69) is 10.5 Å². The molecule has 1 rings (SSSR count). The summed E-state index contributed by atoms with van der Waals surface area (Å²) >= 11 is 0. The monoisotopic (exact) mass is 308 g/mol. The summed E-state index contributed by atoms with van der Waals surface area (Å²) in [6, 6.07) is 5.15. The Morgan fingerprint density at radius 2 is 2.00 bits per heavy atom. The fourth-order valence-corrected chi connectivity index (χ4v) is 1.67. The molecule has 1 aromatic carbocycles. The van der Waals surface area contributed by atoms with Crippen LogP contribution in [0, 0.1) is 0 Å². The normalized spacial score (nSPS) is 12.3. The minimum absolute atomic E-state index is 0.0885. The molecule has 0 spiro atoms. The molecule has 0 saturated heterocycles. The Hall–Kier alpha value is -2.90. The summed E-state index contributed by atoms with van der Waals surface area (Å²) < 4.78 is 5.36. The van der Waals surface area contributed by atoms with Crippen molar-refractivity contribution >= 4 is 23.9 Å². The summed E-state index contributed by atoms with van der Waals surface area (Å²) in [5, 5.41) is 22.7. The minimum Gasteiger partial charge on any atom is -0.494 e. The zero-order valence-electron chi connectivity index (χ0n) is 11.9. The lowest BCUT2D eigenvalue weighted by atomic mass is 10.1. The molecule has 0 heterocycles. The Balaban J connectivity index is 2.56. The predicted octanol–water partition coefficient (Wildman–Crippen LogP) is 0.422. The van der Waals surface area contributed by atoms with Gasteiger partial charge in [-0.05, 0) is 24.3 Å². The first-order valence-corrected chi connectivity index (χ1v) is 6.38. The Morgan fingerprint density at radius 1 is 1.36 bits per heavy atom. The van der Waals surface area contributed by atoms with Gasteiger partial charge in [0.05, 0.1) is 6.61 Å². The lowest BCUT2D eigenvalue weighted by Crippen LogP contribution is -2.40. The Kier molecular flexibility index (Phi) is 6.55. The van der Waals surface area contributed by atoms with Gasteiger partial charge in [0.25, 0.3) is 0 Å². The van der Waals surface area contributed by atoms with Crippen LogP contribution < -0.4 is 10.1 Å². The molecule has 8 nitrogen and oxygen atoms in total. The number of ether oxygens (including phenoxy) is 1. The second-order valence-corrected chi connectivity index (χ2v) is 4.36. The van der Waals surface area contributed by atoms with Gasteiger partial charge in [0.2, 0.25) is 5.91 Å². The van der Waals surface area contributed by atoms with Crippen LogP contribution in [0.1, 0.15) is 18.9 Å². The molecule has 118 valence electrons. The molecule has 0 saturated carbocycles. The number of carbonyl (C=O) groups is 3. The van der Waals surface area contributed by atoms with Gasteiger partial charge in [-0.2, -0.15) is 0 Å². The van der Waals surface area contributed by atoms with Crippen LogP contribution in [0.25, 0.3) is 0 Å². The average molecular weight is 308 g/mol. The van der Waals surface area contributed by atoms with Crippen molar-refractivity contribution in [3.8, 4) is 5.75 Å². The number of rotatable bonds is 8. The van der Waals surface area contributed by atoms with Crippen molar-refractivity contribution < 1.29 is 29.4 Å². The summed E-state index contributed by atoms with van der Waals surface area (Å²) in [6.07, 6.45) is 0.523. The van der Waals surface area contributed by atoms with E-state index in [0.29, 0.717) is 17.6 Å². The topological polar surface area (TPSA) is 125 Å². The highest BCUT2D eigenvalue weighted by Crippen LogP contribution is 2.13. The smallest absolute Gasteiger partial charge is 0.326 e. The van der Waals surface area contributed by atoms with Crippen LogP contribution in [0.4, 0.5) is 0 Å². The number of nitrogens with zero attached hydrogens (tertiary/aromatic N) is 1. The van der Waals surface area contributed by atoms with Gasteiger partial charge in [0, 0.05) is 18.9 Å². The van der Waals surface area contributed by atoms with Crippen LogP contribution in [0.3, 0.4) is 0 Å². The molecule has 1 atom stereocenters. The molecule has 0 radical (unpaired) electrons. The van der Waals surface area contributed by atoms with Crippen molar-refractivity contribution in [2.45, 2.75) is 19.4 Å². The van der Waals surface area contributed by atoms with Gasteiger partial charge in [0.15, 0.2) is 6.29 Å². The Bertz CT molecular complexity index is 567. The maximum Gasteiger partial charge on any atom is 0.326 e. The molecular formula is C14H16N2O6. The summed E-state index contributed by atoms with van der Waals surface area (Å²) in [5.41, 5.74) is 0.314. The highest BCUT2D eigenvalue weighted by atomic mass is 16.5. The molecule has 22 heavy (non-hydrogen) atoms. The molecule has 0 aromatic heterocycles. The van der Waals surface area contributed by atoms with E-state index in [1.165, 1.54) is 19.1 Å². The van der Waals surface area contributed by atoms with Gasteiger partial charge in [0.1, 0.15) is 17.5 Å². The highest BCUT2D eigenvalue weighted by molar-refractivity contribution is 6.36. The number of amides is 1. The number of benzene rings is 1. The Labute approximate surface area is 126 Å². The lowest BCUT2D eigenvalue weighted by Gasteiger charge is -2.13. The van der Waals surface area contributed by atoms with Gasteiger partial charge in [-0.25, -0.2) is 4.79 Å². The third kappa shape index (κ3) is 5.23. The van der Waals surface area contributed by atoms with Gasteiger partial charge in [-0.15, -0.1) is 0 Å². The second kappa shape index (κ2) is 8.40. The fourth-order valence-electron chi connectivity index (χ4n) is 1.67. The van der Waals surface area contributed by atoms with E-state index >= 15 is 0 Å². The van der Waals surface area contributed by atoms with E-state index in [0.717, 1.165) is 0 Å². The standard InChI is InChI=1S/C14H16N2O6/c1-9(18)15-12(14(19)20)6-7-22-11-4-2-10(3-5-11)13(8-17)16-21/h2-5,8,12,21H,6-7H2,1H3,(H,15,18)(H,19,20)/b16-13+. The number of carbonyl (C=O) groups excluding carboxylic acids is 2. The molecular weight excluding hydrogens is 292 g/mol. The fraction of sp³-hybridized carbons (Fsp3) is 0.286. The first-order valence-electron chi connectivity index (χ1n) is 6.38. The van der Waals surface area contributed by atoms with E-state index < -0.39 is 17.9 Å². The van der Waals surface area contributed by atoms with Gasteiger partial charge >= 0.3 is 5.97 Å². The predicted molar refractivity (Wildman–Crippen MR) is 76.2 cm³/mol. The van der Waals surface area contributed by atoms with Crippen molar-refractivity contribution in [3.05, 3.63) is 29.8 Å². The number of carboxylic acids is 1. The van der Waals surface area contributed by atoms with Crippen LogP contribution in [-0.2, 0) is 14.4 Å². The second-order valence-electron chi connectivity index (χ2n) is 4.36. The molecule has 0 bridgehead atoms. The summed E-state index contributed by atoms with van der Waals surface area (Å²) in [4.78, 5) is 32.4. The van der Waals surface area contributed by atoms with Gasteiger partial charge < -0.3 is 20.4 Å². The molecule has 8 heteroatoms. The van der Waals surface area contributed by atoms with Crippen LogP contribution in [0.15, 0.2) is 29.4 Å². The quantitative estimate of drug-likeness (QED) is 0.277. The van der Waals surface area contributed by atoms with E-state index in [1.807, 2.05) is 0 Å². The van der Waals surface area contributed by atoms with Gasteiger partial charge in [-0.1, -0.05) is 5.16 Å². The van der Waals surface area contributed by atoms with Crippen LogP contribution in [0.5, 0.6) is 5.75 Å². The molecule has 3 N–H and O–H groups in total. The zero-order chi connectivity index (χ0) is 16.5. The summed E-state index contributed by atoms with van der Waals surface area (Å²) in [6.45, 7) is 1.33. The molecule has 0 aliphatic carbocycles. The summed E-state index contributed by atoms with van der Waals surface area (Å²) in [5.74, 6) is -1.11. The van der Waals surface area contributed by atoms with Crippen molar-refractivity contribution in [1.29, 1.82) is 0 Å². The number of oxime groups is 1. The molecule has 1 amide bonds. The van der Waals surface area contributed by atoms with Gasteiger partial charge in [-0.3, -0.25) is 9.59 Å². The number of aldehydes is 1. The number of carboxylic acid groups (broad SMARTS) is 1. The van der Waals surface area contributed by atoms with E-state index in [4.69, 9.17) is 15.1 Å². The maximum atomic E-state index is 10.9. The van der Waals surface area contributed by atoms with Crippen molar-refractivity contribution in [1.82, 2.24) is 5.32 Å². The lowest BCUT2D eigenvalue weighted by molar-refractivity contribution is -0.141. The van der Waals surface area contributed by atoms with Crippen molar-refractivity contribution in [2.24, 2.45) is 5.16 Å². The van der Waals surface area contributed by atoms with Crippen LogP contribution >= 0.6 is 0 Å². The van der Waals surface area contributed by atoms with Crippen molar-refractivity contribution in [3.63, 3.8) is 0 Å². The van der Waals surface area contributed by atoms with E-state index in [-0.39, 0.29) is 18.7 Å². The maximum absolute atomic E-state index is 10.9. The average Bonchev–Trinajstić information content (AvgIpc) is 2.48. The minimum atomic E-state index is -1.14. The molecule has 1 aromatic rings. The first-order chi connectivity index (χ1) is 10.5. The van der Waals surface area contributed by atoms with Crippen LogP contribution in [-0.4, -0.2) is 46.8 Å².